The van der Waals surface area contributed by atoms with Crippen LogP contribution in [0.3, 0.4) is 0 Å². The van der Waals surface area contributed by atoms with Crippen LogP contribution in [0.1, 0.15) is 22.5 Å². The lowest BCUT2D eigenvalue weighted by molar-refractivity contribution is 0.655. The summed E-state index contributed by atoms with van der Waals surface area (Å²) in [6.07, 6.45) is 0. The molecular formula is C13H12ClN3. The van der Waals surface area contributed by atoms with Crippen molar-refractivity contribution >= 4 is 11.6 Å². The predicted molar refractivity (Wildman–Crippen MR) is 66.8 cm³/mol. The van der Waals surface area contributed by atoms with E-state index in [1.807, 2.05) is 37.3 Å². The Kier molecular flexibility index (Phi) is 3.46. The van der Waals surface area contributed by atoms with Crippen LogP contribution in [-0.2, 0) is 12.4 Å². The minimum Gasteiger partial charge on any atom is -0.262 e. The summed E-state index contributed by atoms with van der Waals surface area (Å²) in [5.74, 6) is 0.302. The van der Waals surface area contributed by atoms with Crippen molar-refractivity contribution in [3.63, 3.8) is 0 Å². The summed E-state index contributed by atoms with van der Waals surface area (Å²) < 4.78 is 1.80. The first kappa shape index (κ1) is 11.7. The van der Waals surface area contributed by atoms with Gasteiger partial charge < -0.3 is 0 Å². The summed E-state index contributed by atoms with van der Waals surface area (Å²) in [7, 11) is 0. The molecule has 0 amide bonds. The van der Waals surface area contributed by atoms with Gasteiger partial charge >= 0.3 is 0 Å². The maximum Gasteiger partial charge on any atom is 0.103 e. The number of aromatic nitrogens is 2. The number of benzene rings is 1. The van der Waals surface area contributed by atoms with E-state index in [1.54, 1.807) is 4.68 Å². The standard InChI is InChI=1S/C13H12ClN3/c1-10-12(8-15)13(7-14)17(16-10)9-11-5-3-2-4-6-11/h2-6H,7,9H2,1H3. The fraction of sp³-hybridized carbons (Fsp3) is 0.231. The van der Waals surface area contributed by atoms with Crippen LogP contribution in [0.4, 0.5) is 0 Å². The second-order valence-electron chi connectivity index (χ2n) is 3.80. The smallest absolute Gasteiger partial charge is 0.103 e. The summed E-state index contributed by atoms with van der Waals surface area (Å²) in [5, 5.41) is 13.4. The zero-order chi connectivity index (χ0) is 12.3. The molecule has 1 heterocycles. The molecule has 0 saturated carbocycles. The Labute approximate surface area is 105 Å². The van der Waals surface area contributed by atoms with E-state index in [2.05, 4.69) is 11.2 Å². The number of rotatable bonds is 3. The monoisotopic (exact) mass is 245 g/mol. The number of aryl methyl sites for hydroxylation is 1. The van der Waals surface area contributed by atoms with Crippen molar-refractivity contribution in [2.45, 2.75) is 19.3 Å². The highest BCUT2D eigenvalue weighted by Crippen LogP contribution is 2.16. The topological polar surface area (TPSA) is 41.6 Å². The number of hydrogen-bond donors (Lipinski definition) is 0. The third kappa shape index (κ3) is 2.32. The number of nitrogens with zero attached hydrogens (tertiary/aromatic N) is 3. The Morgan fingerprint density at radius 1 is 1.35 bits per heavy atom. The average molecular weight is 246 g/mol. The summed E-state index contributed by atoms with van der Waals surface area (Å²) in [5.41, 5.74) is 3.26. The van der Waals surface area contributed by atoms with Gasteiger partial charge in [-0.25, -0.2) is 0 Å². The Hall–Kier alpha value is -1.79. The van der Waals surface area contributed by atoms with E-state index < -0.39 is 0 Å². The van der Waals surface area contributed by atoms with Gasteiger partial charge in [-0.3, -0.25) is 4.68 Å². The average Bonchev–Trinajstić information content (AvgIpc) is 2.65. The Balaban J connectivity index is 2.37. The minimum absolute atomic E-state index is 0.302. The van der Waals surface area contributed by atoms with Crippen LogP contribution in [0.25, 0.3) is 0 Å². The van der Waals surface area contributed by atoms with Crippen molar-refractivity contribution in [1.29, 1.82) is 5.26 Å². The molecule has 0 N–H and O–H groups in total. The molecule has 0 fully saturated rings. The highest BCUT2D eigenvalue weighted by atomic mass is 35.5. The lowest BCUT2D eigenvalue weighted by atomic mass is 10.2. The van der Waals surface area contributed by atoms with Gasteiger partial charge in [0.05, 0.1) is 29.4 Å². The molecule has 0 radical (unpaired) electrons. The molecule has 0 aliphatic rings. The van der Waals surface area contributed by atoms with E-state index in [0.29, 0.717) is 18.0 Å². The van der Waals surface area contributed by atoms with Crippen LogP contribution in [-0.4, -0.2) is 9.78 Å². The molecule has 0 atom stereocenters. The van der Waals surface area contributed by atoms with Gasteiger partial charge in [-0.1, -0.05) is 30.3 Å². The van der Waals surface area contributed by atoms with Crippen molar-refractivity contribution in [2.75, 3.05) is 0 Å². The highest BCUT2D eigenvalue weighted by molar-refractivity contribution is 6.17. The third-order valence-electron chi connectivity index (χ3n) is 2.65. The molecule has 0 bridgehead atoms. The van der Waals surface area contributed by atoms with Gasteiger partial charge in [-0.2, -0.15) is 10.4 Å². The van der Waals surface area contributed by atoms with Crippen LogP contribution in [0.5, 0.6) is 0 Å². The summed E-state index contributed by atoms with van der Waals surface area (Å²) in [6.45, 7) is 2.47. The van der Waals surface area contributed by atoms with Crippen LogP contribution in [0, 0.1) is 18.3 Å². The van der Waals surface area contributed by atoms with Crippen molar-refractivity contribution in [3.8, 4) is 6.07 Å². The number of alkyl halides is 1. The summed E-state index contributed by atoms with van der Waals surface area (Å²) in [4.78, 5) is 0. The molecule has 0 spiro atoms. The maximum atomic E-state index is 9.05. The van der Waals surface area contributed by atoms with Crippen molar-refractivity contribution in [1.82, 2.24) is 9.78 Å². The first-order valence-electron chi connectivity index (χ1n) is 5.32. The van der Waals surface area contributed by atoms with Gasteiger partial charge in [0.25, 0.3) is 0 Å². The maximum absolute atomic E-state index is 9.05. The van der Waals surface area contributed by atoms with Crippen LogP contribution >= 0.6 is 11.6 Å². The molecule has 0 aliphatic carbocycles. The van der Waals surface area contributed by atoms with Gasteiger partial charge in [-0.05, 0) is 12.5 Å². The molecule has 2 rings (SSSR count). The summed E-state index contributed by atoms with van der Waals surface area (Å²) in [6, 6.07) is 12.2. The number of hydrogen-bond acceptors (Lipinski definition) is 2. The van der Waals surface area contributed by atoms with Crippen molar-refractivity contribution < 1.29 is 0 Å². The second kappa shape index (κ2) is 5.03. The van der Waals surface area contributed by atoms with Gasteiger partial charge in [0.1, 0.15) is 6.07 Å². The van der Waals surface area contributed by atoms with E-state index in [1.165, 1.54) is 0 Å². The number of nitriles is 1. The zero-order valence-corrected chi connectivity index (χ0v) is 10.3. The first-order valence-corrected chi connectivity index (χ1v) is 5.86. The molecule has 0 unspecified atom stereocenters. The van der Waals surface area contributed by atoms with E-state index in [0.717, 1.165) is 17.0 Å². The van der Waals surface area contributed by atoms with Gasteiger partial charge in [0, 0.05) is 0 Å². The van der Waals surface area contributed by atoms with E-state index in [9.17, 15) is 0 Å². The highest BCUT2D eigenvalue weighted by Gasteiger charge is 2.13. The molecular weight excluding hydrogens is 234 g/mol. The lowest BCUT2D eigenvalue weighted by Gasteiger charge is -2.05. The molecule has 1 aromatic heterocycles. The Morgan fingerprint density at radius 3 is 2.65 bits per heavy atom. The molecule has 0 aliphatic heterocycles. The SMILES string of the molecule is Cc1nn(Cc2ccccc2)c(CCl)c1C#N. The normalized spacial score (nSPS) is 10.2. The Morgan fingerprint density at radius 2 is 2.06 bits per heavy atom. The lowest BCUT2D eigenvalue weighted by Crippen LogP contribution is -2.05. The molecule has 4 heteroatoms. The molecule has 17 heavy (non-hydrogen) atoms. The van der Waals surface area contributed by atoms with E-state index in [-0.39, 0.29) is 0 Å². The van der Waals surface area contributed by atoms with Crippen LogP contribution in [0.15, 0.2) is 30.3 Å². The molecule has 86 valence electrons. The molecule has 0 saturated heterocycles. The van der Waals surface area contributed by atoms with Crippen LogP contribution < -0.4 is 0 Å². The number of halogens is 1. The molecule has 2 aromatic rings. The van der Waals surface area contributed by atoms with Gasteiger partial charge in [0.15, 0.2) is 0 Å². The van der Waals surface area contributed by atoms with Crippen LogP contribution in [0.2, 0.25) is 0 Å². The van der Waals surface area contributed by atoms with Gasteiger partial charge in [-0.15, -0.1) is 11.6 Å². The largest absolute Gasteiger partial charge is 0.262 e. The van der Waals surface area contributed by atoms with Crippen molar-refractivity contribution in [2.24, 2.45) is 0 Å². The zero-order valence-electron chi connectivity index (χ0n) is 9.52. The fourth-order valence-corrected chi connectivity index (χ4v) is 2.07. The first-order chi connectivity index (χ1) is 8.26. The molecule has 1 aromatic carbocycles. The fourth-order valence-electron chi connectivity index (χ4n) is 1.80. The van der Waals surface area contributed by atoms with Gasteiger partial charge in [0.2, 0.25) is 0 Å². The second-order valence-corrected chi connectivity index (χ2v) is 4.06. The van der Waals surface area contributed by atoms with E-state index >= 15 is 0 Å². The minimum atomic E-state index is 0.302. The van der Waals surface area contributed by atoms with E-state index in [4.69, 9.17) is 16.9 Å². The predicted octanol–water partition coefficient (Wildman–Crippen LogP) is 2.85. The quantitative estimate of drug-likeness (QED) is 0.781. The molecule has 3 nitrogen and oxygen atoms in total. The van der Waals surface area contributed by atoms with Crippen molar-refractivity contribution in [3.05, 3.63) is 52.8 Å². The third-order valence-corrected chi connectivity index (χ3v) is 2.90. The summed E-state index contributed by atoms with van der Waals surface area (Å²) >= 11 is 5.88. The Bertz CT molecular complexity index is 552.